The lowest BCUT2D eigenvalue weighted by Gasteiger charge is -2.35. The van der Waals surface area contributed by atoms with Crippen LogP contribution in [0.25, 0.3) is 0 Å². The zero-order valence-electron chi connectivity index (χ0n) is 15.9. The smallest absolute Gasteiger partial charge is 0.252 e. The van der Waals surface area contributed by atoms with Gasteiger partial charge in [-0.3, -0.25) is 9.79 Å². The van der Waals surface area contributed by atoms with Crippen LogP contribution in [0, 0.1) is 0 Å². The first-order valence-corrected chi connectivity index (χ1v) is 9.64. The normalized spacial score (nSPS) is 20.2. The zero-order valence-corrected chi connectivity index (χ0v) is 17.5. The van der Waals surface area contributed by atoms with E-state index in [0.717, 1.165) is 35.4 Å². The van der Waals surface area contributed by atoms with Gasteiger partial charge >= 0.3 is 0 Å². The van der Waals surface area contributed by atoms with Crippen LogP contribution in [-0.4, -0.2) is 31.2 Å². The van der Waals surface area contributed by atoms with Crippen molar-refractivity contribution in [3.05, 3.63) is 58.7 Å². The summed E-state index contributed by atoms with van der Waals surface area (Å²) < 4.78 is 11.1. The fourth-order valence-electron chi connectivity index (χ4n) is 4.26. The first-order valence-electron chi connectivity index (χ1n) is 9.26. The molecule has 1 heterocycles. The number of hydrogen-bond acceptors (Lipinski definition) is 4. The minimum Gasteiger partial charge on any atom is -0.493 e. The van der Waals surface area contributed by atoms with Gasteiger partial charge in [-0.25, -0.2) is 0 Å². The second-order valence-electron chi connectivity index (χ2n) is 7.08. The number of aliphatic imine (C=N–C) groups is 1. The van der Waals surface area contributed by atoms with Gasteiger partial charge in [0.05, 0.1) is 26.0 Å². The molecule has 0 unspecified atom stereocenters. The van der Waals surface area contributed by atoms with E-state index in [1.165, 1.54) is 18.4 Å². The van der Waals surface area contributed by atoms with Crippen LogP contribution in [0.1, 0.15) is 58.6 Å². The molecular formula is C22H23Cl2NO3. The molecule has 4 rings (SSSR count). The van der Waals surface area contributed by atoms with E-state index in [1.54, 1.807) is 26.4 Å². The van der Waals surface area contributed by atoms with Crippen LogP contribution in [0.3, 0.4) is 0 Å². The summed E-state index contributed by atoms with van der Waals surface area (Å²) in [6.07, 6.45) is 4.68. The fraction of sp³-hybridized carbons (Fsp3) is 0.364. The number of carbonyl (C=O) groups is 1. The summed E-state index contributed by atoms with van der Waals surface area (Å²) in [7, 11) is 3.32. The molecule has 2 atom stereocenters. The maximum absolute atomic E-state index is 11.4. The second-order valence-corrected chi connectivity index (χ2v) is 7.42. The van der Waals surface area contributed by atoms with Gasteiger partial charge in [0.25, 0.3) is 5.24 Å². The van der Waals surface area contributed by atoms with E-state index >= 15 is 0 Å². The number of carbonyl (C=O) groups excluding carboxylic acids is 1. The first-order chi connectivity index (χ1) is 13.1. The highest BCUT2D eigenvalue weighted by Gasteiger charge is 2.34. The van der Waals surface area contributed by atoms with Crippen LogP contribution >= 0.6 is 24.0 Å². The average molecular weight is 420 g/mol. The maximum Gasteiger partial charge on any atom is 0.252 e. The number of methoxy groups -OCH3 is 2. The monoisotopic (exact) mass is 419 g/mol. The van der Waals surface area contributed by atoms with Gasteiger partial charge in [-0.05, 0) is 54.3 Å². The second kappa shape index (κ2) is 8.54. The number of nitrogens with zero attached hydrogens (tertiary/aromatic N) is 1. The molecule has 1 saturated carbocycles. The molecule has 0 amide bonds. The lowest BCUT2D eigenvalue weighted by molar-refractivity contribution is 0.108. The zero-order chi connectivity index (χ0) is 19.0. The molecule has 1 aliphatic heterocycles. The highest BCUT2D eigenvalue weighted by Crippen LogP contribution is 2.44. The molecule has 0 saturated heterocycles. The topological polar surface area (TPSA) is 47.9 Å². The molecule has 0 aromatic heterocycles. The third-order valence-corrected chi connectivity index (χ3v) is 5.84. The molecule has 1 aliphatic carbocycles. The molecule has 2 aromatic carbocycles. The number of rotatable bonds is 4. The minimum atomic E-state index is -0.453. The molecule has 2 aliphatic rings. The Balaban J connectivity index is 0.00000225. The summed E-state index contributed by atoms with van der Waals surface area (Å²) in [5.41, 5.74) is 4.78. The fourth-order valence-corrected chi connectivity index (χ4v) is 4.39. The average Bonchev–Trinajstić information content (AvgIpc) is 2.72. The van der Waals surface area contributed by atoms with Crippen molar-refractivity contribution in [2.24, 2.45) is 4.99 Å². The van der Waals surface area contributed by atoms with Crippen LogP contribution in [0.2, 0.25) is 0 Å². The highest BCUT2D eigenvalue weighted by molar-refractivity contribution is 6.67. The Kier molecular flexibility index (Phi) is 6.31. The molecule has 4 nitrogen and oxygen atoms in total. The number of ether oxygens (including phenoxy) is 2. The van der Waals surface area contributed by atoms with Gasteiger partial charge in [-0.2, -0.15) is 0 Å². The molecule has 2 aromatic rings. The van der Waals surface area contributed by atoms with Crippen molar-refractivity contribution in [1.82, 2.24) is 0 Å². The van der Waals surface area contributed by atoms with E-state index in [9.17, 15) is 4.79 Å². The van der Waals surface area contributed by atoms with E-state index < -0.39 is 5.24 Å². The lowest BCUT2D eigenvalue weighted by Crippen LogP contribution is -2.29. The minimum absolute atomic E-state index is 0. The maximum atomic E-state index is 11.4. The van der Waals surface area contributed by atoms with Crippen LogP contribution in [-0.2, 0) is 0 Å². The summed E-state index contributed by atoms with van der Waals surface area (Å²) >= 11 is 5.59. The third kappa shape index (κ3) is 3.63. The quantitative estimate of drug-likeness (QED) is 0.624. The number of fused-ring (bicyclic) bond motifs is 3. The molecule has 0 bridgehead atoms. The Morgan fingerprint density at radius 2 is 1.68 bits per heavy atom. The Labute approximate surface area is 176 Å². The van der Waals surface area contributed by atoms with E-state index in [1.807, 2.05) is 18.2 Å². The molecule has 1 fully saturated rings. The summed E-state index contributed by atoms with van der Waals surface area (Å²) in [4.78, 5) is 16.5. The van der Waals surface area contributed by atoms with Crippen LogP contribution in [0.4, 0.5) is 0 Å². The van der Waals surface area contributed by atoms with E-state index in [-0.39, 0.29) is 18.4 Å². The standard InChI is InChI=1S/C22H22ClNO3.ClH/c1-26-19-11-16-15-5-3-4-6-18(15)24-21(17(16)12-20(19)27-2)13-7-9-14(10-8-13)22(23)25;/h7-12,15,18H,3-6H2,1-2H3;1H/t15-,18-;/m1./s1. The van der Waals surface area contributed by atoms with Gasteiger partial charge in [0.2, 0.25) is 0 Å². The highest BCUT2D eigenvalue weighted by atomic mass is 35.5. The van der Waals surface area contributed by atoms with Crippen LogP contribution < -0.4 is 9.47 Å². The summed E-state index contributed by atoms with van der Waals surface area (Å²) in [5, 5.41) is -0.453. The summed E-state index contributed by atoms with van der Waals surface area (Å²) in [5.74, 6) is 1.87. The Hall–Kier alpha value is -2.04. The van der Waals surface area contributed by atoms with Crippen molar-refractivity contribution in [1.29, 1.82) is 0 Å². The molecule has 0 radical (unpaired) electrons. The van der Waals surface area contributed by atoms with Crippen LogP contribution in [0.15, 0.2) is 41.4 Å². The number of hydrogen-bond donors (Lipinski definition) is 0. The van der Waals surface area contributed by atoms with Crippen molar-refractivity contribution in [2.75, 3.05) is 14.2 Å². The van der Waals surface area contributed by atoms with Crippen molar-refractivity contribution < 1.29 is 14.3 Å². The number of benzene rings is 2. The predicted molar refractivity (Wildman–Crippen MR) is 114 cm³/mol. The van der Waals surface area contributed by atoms with Gasteiger partial charge in [0.15, 0.2) is 11.5 Å². The molecule has 0 spiro atoms. The number of halogens is 2. The lowest BCUT2D eigenvalue weighted by atomic mass is 9.75. The molecular weight excluding hydrogens is 397 g/mol. The van der Waals surface area contributed by atoms with Gasteiger partial charge in [0.1, 0.15) is 0 Å². The van der Waals surface area contributed by atoms with E-state index in [0.29, 0.717) is 17.2 Å². The molecule has 0 N–H and O–H groups in total. The van der Waals surface area contributed by atoms with Crippen molar-refractivity contribution >= 4 is 35.0 Å². The summed E-state index contributed by atoms with van der Waals surface area (Å²) in [6.45, 7) is 0. The van der Waals surface area contributed by atoms with Crippen molar-refractivity contribution in [3.8, 4) is 11.5 Å². The van der Waals surface area contributed by atoms with Crippen molar-refractivity contribution in [3.63, 3.8) is 0 Å². The van der Waals surface area contributed by atoms with Gasteiger partial charge in [-0.15, -0.1) is 12.4 Å². The summed E-state index contributed by atoms with van der Waals surface area (Å²) in [6, 6.07) is 11.8. The van der Waals surface area contributed by atoms with Gasteiger partial charge < -0.3 is 9.47 Å². The van der Waals surface area contributed by atoms with E-state index in [4.69, 9.17) is 26.1 Å². The van der Waals surface area contributed by atoms with Crippen LogP contribution in [0.5, 0.6) is 11.5 Å². The molecule has 148 valence electrons. The van der Waals surface area contributed by atoms with Gasteiger partial charge in [-0.1, -0.05) is 25.0 Å². The van der Waals surface area contributed by atoms with Gasteiger partial charge in [0, 0.05) is 22.6 Å². The molecule has 6 heteroatoms. The first kappa shape index (κ1) is 20.7. The van der Waals surface area contributed by atoms with Crippen molar-refractivity contribution in [2.45, 2.75) is 37.6 Å². The Morgan fingerprint density at radius 1 is 1.04 bits per heavy atom. The third-order valence-electron chi connectivity index (χ3n) is 5.62. The molecule has 28 heavy (non-hydrogen) atoms. The SMILES string of the molecule is COc1cc2c(cc1OC)[C@H]1CCCC[C@H]1N=C2c1ccc(C(=O)Cl)cc1.Cl. The largest absolute Gasteiger partial charge is 0.493 e. The van der Waals surface area contributed by atoms with E-state index in [2.05, 4.69) is 6.07 Å². The predicted octanol–water partition coefficient (Wildman–Crippen LogP) is 5.38. The Bertz CT molecular complexity index is 909. The Morgan fingerprint density at radius 3 is 2.32 bits per heavy atom.